The quantitative estimate of drug-likeness (QED) is 0.413. The Morgan fingerprint density at radius 2 is 1.94 bits per heavy atom. The van der Waals surface area contributed by atoms with Gasteiger partial charge in [0.2, 0.25) is 0 Å². The molecule has 16 heavy (non-hydrogen) atoms. The second kappa shape index (κ2) is 5.11. The van der Waals surface area contributed by atoms with Crippen LogP contribution in [-0.2, 0) is 0 Å². The van der Waals surface area contributed by atoms with E-state index in [1.54, 1.807) is 0 Å². The highest BCUT2D eigenvalue weighted by Crippen LogP contribution is 2.37. The highest BCUT2D eigenvalue weighted by atomic mass is 127. The van der Waals surface area contributed by atoms with E-state index in [9.17, 15) is 0 Å². The molecular weight excluding hydrogens is 311 g/mol. The van der Waals surface area contributed by atoms with Crippen molar-refractivity contribution in [2.75, 3.05) is 30.7 Å². The van der Waals surface area contributed by atoms with Gasteiger partial charge < -0.3 is 0 Å². The Kier molecular flexibility index (Phi) is 4.18. The number of alkyl halides is 1. The molecular formula is C13H25IN2. The molecule has 2 unspecified atom stereocenters. The van der Waals surface area contributed by atoms with Gasteiger partial charge in [-0.25, -0.2) is 0 Å². The smallest absolute Gasteiger partial charge is 0.0506 e. The van der Waals surface area contributed by atoms with Crippen LogP contribution in [0.1, 0.15) is 33.6 Å². The van der Waals surface area contributed by atoms with E-state index in [0.717, 1.165) is 12.0 Å². The third-order valence-electron chi connectivity index (χ3n) is 4.40. The average molecular weight is 336 g/mol. The van der Waals surface area contributed by atoms with Gasteiger partial charge in [0.1, 0.15) is 0 Å². The van der Waals surface area contributed by atoms with Crippen molar-refractivity contribution in [2.45, 2.75) is 39.7 Å². The first-order valence-electron chi connectivity index (χ1n) is 6.53. The van der Waals surface area contributed by atoms with Gasteiger partial charge in [-0.3, -0.25) is 9.80 Å². The molecule has 3 heteroatoms. The van der Waals surface area contributed by atoms with Crippen LogP contribution < -0.4 is 0 Å². The SMILES string of the molecule is CC(C)(C)C1CCN2CCN(CI)CC2C1. The van der Waals surface area contributed by atoms with Gasteiger partial charge in [-0.2, -0.15) is 0 Å². The summed E-state index contributed by atoms with van der Waals surface area (Å²) in [7, 11) is 0. The molecule has 2 nitrogen and oxygen atoms in total. The summed E-state index contributed by atoms with van der Waals surface area (Å²) < 4.78 is 1.20. The topological polar surface area (TPSA) is 6.48 Å². The maximum Gasteiger partial charge on any atom is 0.0506 e. The highest BCUT2D eigenvalue weighted by molar-refractivity contribution is 14.1. The minimum absolute atomic E-state index is 0.499. The van der Waals surface area contributed by atoms with Gasteiger partial charge in [-0.05, 0) is 30.7 Å². The standard InChI is InChI=1S/C13H25IN2/c1-13(2,3)11-4-5-16-7-6-15(10-14)9-12(16)8-11/h11-12H,4-10H2,1-3H3. The van der Waals surface area contributed by atoms with Crippen LogP contribution in [0.5, 0.6) is 0 Å². The Labute approximate surface area is 114 Å². The van der Waals surface area contributed by atoms with Crippen LogP contribution in [0, 0.1) is 11.3 Å². The predicted molar refractivity (Wildman–Crippen MR) is 78.0 cm³/mol. The molecule has 2 fully saturated rings. The zero-order valence-corrected chi connectivity index (χ0v) is 13.0. The van der Waals surface area contributed by atoms with Crippen LogP contribution in [0.15, 0.2) is 0 Å². The van der Waals surface area contributed by atoms with Crippen molar-refractivity contribution < 1.29 is 0 Å². The lowest BCUT2D eigenvalue weighted by molar-refractivity contribution is 0.0124. The lowest BCUT2D eigenvalue weighted by atomic mass is 9.73. The fourth-order valence-corrected chi connectivity index (χ4v) is 3.76. The summed E-state index contributed by atoms with van der Waals surface area (Å²) in [6, 6.07) is 0.835. The summed E-state index contributed by atoms with van der Waals surface area (Å²) >= 11 is 2.50. The molecule has 2 atom stereocenters. The fraction of sp³-hybridized carbons (Fsp3) is 1.00. The third kappa shape index (κ3) is 2.91. The molecule has 2 rings (SSSR count). The van der Waals surface area contributed by atoms with E-state index in [-0.39, 0.29) is 0 Å². The van der Waals surface area contributed by atoms with E-state index in [0.29, 0.717) is 5.41 Å². The number of fused-ring (bicyclic) bond motifs is 1. The molecule has 0 amide bonds. The number of hydrogen-bond acceptors (Lipinski definition) is 2. The molecule has 0 radical (unpaired) electrons. The minimum atomic E-state index is 0.499. The monoisotopic (exact) mass is 336 g/mol. The van der Waals surface area contributed by atoms with Crippen LogP contribution >= 0.6 is 22.6 Å². The first-order chi connectivity index (χ1) is 7.50. The summed E-state index contributed by atoms with van der Waals surface area (Å²) in [4.78, 5) is 5.33. The molecule has 0 bridgehead atoms. The molecule has 94 valence electrons. The molecule has 2 heterocycles. The van der Waals surface area contributed by atoms with Crippen LogP contribution in [0.25, 0.3) is 0 Å². The molecule has 2 aliphatic heterocycles. The van der Waals surface area contributed by atoms with E-state index >= 15 is 0 Å². The van der Waals surface area contributed by atoms with Gasteiger partial charge in [-0.1, -0.05) is 43.4 Å². The highest BCUT2D eigenvalue weighted by Gasteiger charge is 2.36. The normalized spacial score (nSPS) is 33.8. The van der Waals surface area contributed by atoms with E-state index in [1.807, 2.05) is 0 Å². The van der Waals surface area contributed by atoms with E-state index in [4.69, 9.17) is 0 Å². The molecule has 0 aliphatic carbocycles. The summed E-state index contributed by atoms with van der Waals surface area (Å²) in [5, 5.41) is 0. The van der Waals surface area contributed by atoms with E-state index in [2.05, 4.69) is 53.2 Å². The first kappa shape index (κ1) is 13.1. The number of piperidine rings is 1. The largest absolute Gasteiger partial charge is 0.298 e. The maximum atomic E-state index is 2.73. The Morgan fingerprint density at radius 1 is 1.19 bits per heavy atom. The van der Waals surface area contributed by atoms with Crippen molar-refractivity contribution in [2.24, 2.45) is 11.3 Å². The van der Waals surface area contributed by atoms with Crippen LogP contribution in [-0.4, -0.2) is 46.6 Å². The number of halogens is 1. The molecule has 2 saturated heterocycles. The van der Waals surface area contributed by atoms with Gasteiger partial charge >= 0.3 is 0 Å². The molecule has 0 spiro atoms. The number of hydrogen-bond donors (Lipinski definition) is 0. The van der Waals surface area contributed by atoms with Crippen molar-refractivity contribution in [3.63, 3.8) is 0 Å². The van der Waals surface area contributed by atoms with Crippen LogP contribution in [0.4, 0.5) is 0 Å². The first-order valence-corrected chi connectivity index (χ1v) is 8.05. The molecule has 0 aromatic heterocycles. The van der Waals surface area contributed by atoms with Crippen molar-refractivity contribution in [3.05, 3.63) is 0 Å². The summed E-state index contributed by atoms with van der Waals surface area (Å²) in [5.74, 6) is 0.919. The van der Waals surface area contributed by atoms with Crippen molar-refractivity contribution >= 4 is 22.6 Å². The van der Waals surface area contributed by atoms with E-state index < -0.39 is 0 Å². The second-order valence-electron chi connectivity index (χ2n) is 6.47. The van der Waals surface area contributed by atoms with E-state index in [1.165, 1.54) is 43.6 Å². The summed E-state index contributed by atoms with van der Waals surface area (Å²) in [6.07, 6.45) is 2.82. The van der Waals surface area contributed by atoms with Crippen molar-refractivity contribution in [3.8, 4) is 0 Å². The minimum Gasteiger partial charge on any atom is -0.298 e. The molecule has 0 aromatic carbocycles. The van der Waals surface area contributed by atoms with Gasteiger partial charge in [0.15, 0.2) is 0 Å². The number of rotatable bonds is 1. The third-order valence-corrected chi connectivity index (χ3v) is 5.37. The lowest BCUT2D eigenvalue weighted by Gasteiger charge is -2.48. The second-order valence-corrected chi connectivity index (χ2v) is 7.16. The Morgan fingerprint density at radius 3 is 2.56 bits per heavy atom. The van der Waals surface area contributed by atoms with Crippen molar-refractivity contribution in [1.29, 1.82) is 0 Å². The Balaban J connectivity index is 1.96. The van der Waals surface area contributed by atoms with Gasteiger partial charge in [0.25, 0.3) is 0 Å². The lowest BCUT2D eigenvalue weighted by Crippen LogP contribution is -2.56. The van der Waals surface area contributed by atoms with Crippen LogP contribution in [0.2, 0.25) is 0 Å². The number of piperazine rings is 1. The molecule has 2 aliphatic rings. The van der Waals surface area contributed by atoms with Crippen LogP contribution in [0.3, 0.4) is 0 Å². The zero-order valence-electron chi connectivity index (χ0n) is 10.9. The predicted octanol–water partition coefficient (Wildman–Crippen LogP) is 2.82. The van der Waals surface area contributed by atoms with Gasteiger partial charge in [-0.15, -0.1) is 0 Å². The Bertz CT molecular complexity index is 237. The Hall–Kier alpha value is 0.650. The number of nitrogens with zero attached hydrogens (tertiary/aromatic N) is 2. The molecule has 0 aromatic rings. The van der Waals surface area contributed by atoms with Gasteiger partial charge in [0, 0.05) is 25.7 Å². The fourth-order valence-electron chi connectivity index (χ4n) is 3.14. The molecule has 0 saturated carbocycles. The average Bonchev–Trinajstić information content (AvgIpc) is 2.26. The van der Waals surface area contributed by atoms with Gasteiger partial charge in [0.05, 0.1) is 4.55 Å². The zero-order chi connectivity index (χ0) is 11.8. The summed E-state index contributed by atoms with van der Waals surface area (Å²) in [6.45, 7) is 12.4. The maximum absolute atomic E-state index is 2.73. The molecule has 0 N–H and O–H groups in total. The van der Waals surface area contributed by atoms with Crippen molar-refractivity contribution in [1.82, 2.24) is 9.80 Å². The summed E-state index contributed by atoms with van der Waals surface area (Å²) in [5.41, 5.74) is 0.499.